The number of rotatable bonds is 7. The Hall–Kier alpha value is -1.17. The molecule has 0 saturated heterocycles. The molecule has 6 heteroatoms. The summed E-state index contributed by atoms with van der Waals surface area (Å²) in [6.07, 6.45) is 4.77. The van der Waals surface area contributed by atoms with E-state index in [1.54, 1.807) is 6.92 Å². The van der Waals surface area contributed by atoms with Crippen LogP contribution >= 0.6 is 15.9 Å². The molecule has 0 saturated carbocycles. The van der Waals surface area contributed by atoms with Gasteiger partial charge in [-0.1, -0.05) is 26.7 Å². The molecule has 1 heterocycles. The third kappa shape index (κ3) is 4.78. The quantitative estimate of drug-likeness (QED) is 0.460. The maximum Gasteiger partial charge on any atom is 0.291 e. The summed E-state index contributed by atoms with van der Waals surface area (Å²) in [5.41, 5.74) is 0.641. The summed E-state index contributed by atoms with van der Waals surface area (Å²) in [5, 5.41) is 14.0. The van der Waals surface area contributed by atoms with Gasteiger partial charge in [-0.25, -0.2) is 4.98 Å². The summed E-state index contributed by atoms with van der Waals surface area (Å²) in [4.78, 5) is 14.4. The van der Waals surface area contributed by atoms with Crippen molar-refractivity contribution in [2.75, 3.05) is 11.9 Å². The van der Waals surface area contributed by atoms with E-state index in [9.17, 15) is 10.1 Å². The molecule has 0 aromatic carbocycles. The average molecular weight is 330 g/mol. The number of hydrogen-bond acceptors (Lipinski definition) is 4. The predicted molar refractivity (Wildman–Crippen MR) is 80.5 cm³/mol. The molecule has 0 radical (unpaired) electrons. The molecule has 0 aliphatic heterocycles. The Kier molecular flexibility index (Phi) is 6.21. The molecule has 0 atom stereocenters. The fourth-order valence-corrected chi connectivity index (χ4v) is 2.21. The first-order valence-corrected chi connectivity index (χ1v) is 7.26. The molecule has 1 aromatic heterocycles. The van der Waals surface area contributed by atoms with Crippen molar-refractivity contribution in [2.45, 2.75) is 40.0 Å². The number of pyridine rings is 1. The Bertz CT molecular complexity index is 450. The van der Waals surface area contributed by atoms with Crippen LogP contribution in [0.4, 0.5) is 11.5 Å². The SMILES string of the molecule is Cc1c([N+](=O)[O-])cnc(NCCCCC(C)C)c1Br. The van der Waals surface area contributed by atoms with Crippen LogP contribution in [0.5, 0.6) is 0 Å². The molecular formula is C13H20BrN3O2. The molecule has 0 fully saturated rings. The Labute approximate surface area is 122 Å². The molecule has 0 bridgehead atoms. The van der Waals surface area contributed by atoms with Crippen molar-refractivity contribution < 1.29 is 4.92 Å². The van der Waals surface area contributed by atoms with Gasteiger partial charge in [0.25, 0.3) is 5.69 Å². The lowest BCUT2D eigenvalue weighted by Gasteiger charge is -2.10. The second kappa shape index (κ2) is 7.43. The second-order valence-electron chi connectivity index (χ2n) is 5.00. The summed E-state index contributed by atoms with van der Waals surface area (Å²) in [7, 11) is 0. The largest absolute Gasteiger partial charge is 0.369 e. The van der Waals surface area contributed by atoms with Gasteiger partial charge in [0.1, 0.15) is 12.0 Å². The van der Waals surface area contributed by atoms with E-state index < -0.39 is 4.92 Å². The van der Waals surface area contributed by atoms with Crippen molar-refractivity contribution >= 4 is 27.4 Å². The van der Waals surface area contributed by atoms with Gasteiger partial charge in [0.15, 0.2) is 0 Å². The molecule has 0 amide bonds. The maximum atomic E-state index is 10.8. The lowest BCUT2D eigenvalue weighted by atomic mass is 10.1. The Balaban J connectivity index is 2.56. The minimum atomic E-state index is -0.417. The molecule has 0 aliphatic carbocycles. The Morgan fingerprint density at radius 2 is 2.16 bits per heavy atom. The number of nitrogens with zero attached hydrogens (tertiary/aromatic N) is 2. The summed E-state index contributed by atoms with van der Waals surface area (Å²) in [5.74, 6) is 1.40. The topological polar surface area (TPSA) is 68.1 Å². The van der Waals surface area contributed by atoms with E-state index in [1.165, 1.54) is 19.0 Å². The van der Waals surface area contributed by atoms with Gasteiger partial charge < -0.3 is 5.32 Å². The zero-order valence-corrected chi connectivity index (χ0v) is 13.2. The van der Waals surface area contributed by atoms with Gasteiger partial charge >= 0.3 is 0 Å². The van der Waals surface area contributed by atoms with E-state index >= 15 is 0 Å². The number of aromatic nitrogens is 1. The van der Waals surface area contributed by atoms with Crippen LogP contribution in [0, 0.1) is 23.0 Å². The lowest BCUT2D eigenvalue weighted by Crippen LogP contribution is -2.06. The van der Waals surface area contributed by atoms with Crippen molar-refractivity contribution in [3.8, 4) is 0 Å². The third-order valence-corrected chi connectivity index (χ3v) is 3.90. The highest BCUT2D eigenvalue weighted by Gasteiger charge is 2.16. The molecule has 106 valence electrons. The van der Waals surface area contributed by atoms with Gasteiger partial charge in [-0.3, -0.25) is 10.1 Å². The van der Waals surface area contributed by atoms with Gasteiger partial charge in [-0.2, -0.15) is 0 Å². The van der Waals surface area contributed by atoms with Crippen LogP contribution in [0.2, 0.25) is 0 Å². The van der Waals surface area contributed by atoms with Crippen LogP contribution in [0.1, 0.15) is 38.7 Å². The first-order valence-electron chi connectivity index (χ1n) is 6.46. The molecule has 0 spiro atoms. The van der Waals surface area contributed by atoms with E-state index in [0.29, 0.717) is 15.9 Å². The van der Waals surface area contributed by atoms with E-state index in [1.807, 2.05) is 0 Å². The second-order valence-corrected chi connectivity index (χ2v) is 5.80. The normalized spacial score (nSPS) is 10.8. The molecule has 1 aromatic rings. The number of anilines is 1. The Morgan fingerprint density at radius 3 is 2.74 bits per heavy atom. The minimum absolute atomic E-state index is 0.0391. The zero-order chi connectivity index (χ0) is 14.4. The van der Waals surface area contributed by atoms with Gasteiger partial charge in [-0.15, -0.1) is 0 Å². The van der Waals surface area contributed by atoms with Crippen LogP contribution < -0.4 is 5.32 Å². The monoisotopic (exact) mass is 329 g/mol. The van der Waals surface area contributed by atoms with Gasteiger partial charge in [0, 0.05) is 12.1 Å². The smallest absolute Gasteiger partial charge is 0.291 e. The van der Waals surface area contributed by atoms with E-state index in [4.69, 9.17) is 0 Å². The molecular weight excluding hydrogens is 310 g/mol. The first-order chi connectivity index (χ1) is 8.93. The highest BCUT2D eigenvalue weighted by atomic mass is 79.9. The number of nitrogens with one attached hydrogen (secondary N) is 1. The number of hydrogen-bond donors (Lipinski definition) is 1. The first kappa shape index (κ1) is 15.9. The number of nitro groups is 1. The fourth-order valence-electron chi connectivity index (χ4n) is 1.76. The van der Waals surface area contributed by atoms with Crippen LogP contribution in [0.15, 0.2) is 10.7 Å². The van der Waals surface area contributed by atoms with Gasteiger partial charge in [-0.05, 0) is 35.2 Å². The lowest BCUT2D eigenvalue weighted by molar-refractivity contribution is -0.385. The van der Waals surface area contributed by atoms with E-state index in [-0.39, 0.29) is 5.69 Å². The van der Waals surface area contributed by atoms with Gasteiger partial charge in [0.05, 0.1) is 9.40 Å². The van der Waals surface area contributed by atoms with Crippen molar-refractivity contribution in [3.63, 3.8) is 0 Å². The standard InChI is InChI=1S/C13H20BrN3O2/c1-9(2)6-4-5-7-15-13-12(14)10(3)11(8-16-13)17(18)19/h8-9H,4-7H2,1-3H3,(H,15,16). The maximum absolute atomic E-state index is 10.8. The predicted octanol–water partition coefficient (Wildman–Crippen LogP) is 4.30. The van der Waals surface area contributed by atoms with Gasteiger partial charge in [0.2, 0.25) is 0 Å². The average Bonchev–Trinajstić information content (AvgIpc) is 2.33. The van der Waals surface area contributed by atoms with E-state index in [0.717, 1.165) is 18.9 Å². The summed E-state index contributed by atoms with van der Waals surface area (Å²) in [6.45, 7) is 6.97. The van der Waals surface area contributed by atoms with Crippen LogP contribution in [0.25, 0.3) is 0 Å². The van der Waals surface area contributed by atoms with Crippen molar-refractivity contribution in [2.24, 2.45) is 5.92 Å². The minimum Gasteiger partial charge on any atom is -0.369 e. The molecule has 5 nitrogen and oxygen atoms in total. The summed E-state index contributed by atoms with van der Waals surface area (Å²) < 4.78 is 0.672. The summed E-state index contributed by atoms with van der Waals surface area (Å²) in [6, 6.07) is 0. The highest BCUT2D eigenvalue weighted by Crippen LogP contribution is 2.30. The fraction of sp³-hybridized carbons (Fsp3) is 0.615. The molecule has 1 rings (SSSR count). The summed E-state index contributed by atoms with van der Waals surface area (Å²) >= 11 is 3.36. The third-order valence-electron chi connectivity index (χ3n) is 2.93. The van der Waals surface area contributed by atoms with Crippen LogP contribution in [-0.4, -0.2) is 16.5 Å². The molecule has 0 aliphatic rings. The van der Waals surface area contributed by atoms with Crippen molar-refractivity contribution in [3.05, 3.63) is 26.3 Å². The highest BCUT2D eigenvalue weighted by molar-refractivity contribution is 9.10. The van der Waals surface area contributed by atoms with Crippen LogP contribution in [0.3, 0.4) is 0 Å². The zero-order valence-electron chi connectivity index (χ0n) is 11.6. The van der Waals surface area contributed by atoms with Crippen LogP contribution in [-0.2, 0) is 0 Å². The molecule has 1 N–H and O–H groups in total. The number of unbranched alkanes of at least 4 members (excludes halogenated alkanes) is 1. The number of halogens is 1. The molecule has 19 heavy (non-hydrogen) atoms. The Morgan fingerprint density at radius 1 is 1.47 bits per heavy atom. The van der Waals surface area contributed by atoms with Crippen molar-refractivity contribution in [1.29, 1.82) is 0 Å². The van der Waals surface area contributed by atoms with Crippen molar-refractivity contribution in [1.82, 2.24) is 4.98 Å². The molecule has 0 unspecified atom stereocenters. The van der Waals surface area contributed by atoms with E-state index in [2.05, 4.69) is 40.1 Å².